The molecular formula is C27H25Cl2N3O5S. The Hall–Kier alpha value is -3.40. The Labute approximate surface area is 233 Å². The highest BCUT2D eigenvalue weighted by Gasteiger charge is 2.30. The van der Waals surface area contributed by atoms with Crippen LogP contribution in [0.4, 0.5) is 0 Å². The van der Waals surface area contributed by atoms with Crippen LogP contribution in [0.5, 0.6) is 0 Å². The molecule has 1 fully saturated rings. The second-order valence-electron chi connectivity index (χ2n) is 8.84. The SMILES string of the molecule is O=C(NC[C@H](NC(=O)C1CCN(C(=O)/C=C/c2cc3ccsc3c(Cl)c2Cl)CC1)C(=O)O)c1ccccc1. The van der Waals surface area contributed by atoms with Gasteiger partial charge in [-0.15, -0.1) is 11.3 Å². The summed E-state index contributed by atoms with van der Waals surface area (Å²) in [5, 5.41) is 18.3. The summed E-state index contributed by atoms with van der Waals surface area (Å²) < 4.78 is 0.893. The number of benzene rings is 2. The lowest BCUT2D eigenvalue weighted by Gasteiger charge is -2.31. The monoisotopic (exact) mass is 573 g/mol. The van der Waals surface area contributed by atoms with Gasteiger partial charge in [0.05, 0.1) is 14.7 Å². The molecule has 0 saturated carbocycles. The van der Waals surface area contributed by atoms with Gasteiger partial charge in [0, 0.05) is 37.2 Å². The van der Waals surface area contributed by atoms with Gasteiger partial charge in [0.2, 0.25) is 11.8 Å². The first kappa shape index (κ1) is 27.6. The number of rotatable bonds is 8. The quantitative estimate of drug-likeness (QED) is 0.344. The molecule has 198 valence electrons. The number of aliphatic carboxylic acids is 1. The average Bonchev–Trinajstić information content (AvgIpc) is 3.41. The molecule has 1 aliphatic heterocycles. The number of piperidine rings is 1. The molecular weight excluding hydrogens is 549 g/mol. The first-order valence-corrected chi connectivity index (χ1v) is 13.6. The van der Waals surface area contributed by atoms with Crippen LogP contribution in [0.1, 0.15) is 28.8 Å². The Morgan fingerprint density at radius 3 is 2.47 bits per heavy atom. The molecule has 4 rings (SSSR count). The van der Waals surface area contributed by atoms with Gasteiger partial charge in [-0.05, 0) is 59.5 Å². The molecule has 38 heavy (non-hydrogen) atoms. The number of amides is 3. The van der Waals surface area contributed by atoms with Crippen molar-refractivity contribution < 1.29 is 24.3 Å². The number of likely N-dealkylation sites (tertiary alicyclic amines) is 1. The standard InChI is InChI=1S/C27H25Cl2N3O5S/c28-22-18(14-19-10-13-38-24(19)23(22)29)6-7-21(33)32-11-8-17(9-12-32)26(35)31-20(27(36)37)15-30-25(34)16-4-2-1-3-5-16/h1-7,10,13-14,17,20H,8-9,11-12,15H2,(H,30,34)(H,31,35)(H,36,37)/b7-6+/t20-/m0/s1. The molecule has 0 radical (unpaired) electrons. The Morgan fingerprint density at radius 1 is 1.08 bits per heavy atom. The van der Waals surface area contributed by atoms with E-state index in [1.807, 2.05) is 17.5 Å². The molecule has 0 unspecified atom stereocenters. The normalized spacial score (nSPS) is 14.9. The van der Waals surface area contributed by atoms with Gasteiger partial charge in [0.1, 0.15) is 6.04 Å². The molecule has 1 saturated heterocycles. The first-order chi connectivity index (χ1) is 18.2. The average molecular weight is 574 g/mol. The number of carboxylic acid groups (broad SMARTS) is 1. The lowest BCUT2D eigenvalue weighted by molar-refractivity contribution is -0.142. The molecule has 1 aromatic heterocycles. The highest BCUT2D eigenvalue weighted by molar-refractivity contribution is 7.18. The molecule has 2 heterocycles. The molecule has 11 heteroatoms. The van der Waals surface area contributed by atoms with E-state index in [0.29, 0.717) is 47.1 Å². The first-order valence-electron chi connectivity index (χ1n) is 11.9. The Bertz CT molecular complexity index is 1380. The number of hydrogen-bond acceptors (Lipinski definition) is 5. The number of carbonyl (C=O) groups excluding carboxylic acids is 3. The van der Waals surface area contributed by atoms with Gasteiger partial charge in [-0.3, -0.25) is 14.4 Å². The molecule has 0 bridgehead atoms. The molecule has 3 amide bonds. The third-order valence-corrected chi connectivity index (χ3v) is 8.29. The van der Waals surface area contributed by atoms with Crippen molar-refractivity contribution in [2.45, 2.75) is 18.9 Å². The van der Waals surface area contributed by atoms with Crippen molar-refractivity contribution in [1.29, 1.82) is 0 Å². The lowest BCUT2D eigenvalue weighted by atomic mass is 9.95. The van der Waals surface area contributed by atoms with Crippen molar-refractivity contribution in [2.75, 3.05) is 19.6 Å². The summed E-state index contributed by atoms with van der Waals surface area (Å²) in [6.07, 6.45) is 3.85. The maximum Gasteiger partial charge on any atom is 0.328 e. The van der Waals surface area contributed by atoms with Crippen LogP contribution in [0.3, 0.4) is 0 Å². The zero-order valence-corrected chi connectivity index (χ0v) is 22.5. The zero-order chi connectivity index (χ0) is 27.2. The largest absolute Gasteiger partial charge is 0.480 e. The molecule has 2 aromatic carbocycles. The number of carboxylic acids is 1. The number of carbonyl (C=O) groups is 4. The fraction of sp³-hybridized carbons (Fsp3) is 0.259. The minimum atomic E-state index is -1.27. The Balaban J connectivity index is 1.28. The second kappa shape index (κ2) is 12.4. The van der Waals surface area contributed by atoms with Crippen LogP contribution in [0.15, 0.2) is 53.9 Å². The van der Waals surface area contributed by atoms with Crippen LogP contribution in [0.25, 0.3) is 16.2 Å². The highest BCUT2D eigenvalue weighted by atomic mass is 35.5. The number of nitrogens with one attached hydrogen (secondary N) is 2. The van der Waals surface area contributed by atoms with E-state index in [1.165, 1.54) is 17.4 Å². The minimum Gasteiger partial charge on any atom is -0.480 e. The maximum absolute atomic E-state index is 12.7. The predicted molar refractivity (Wildman–Crippen MR) is 149 cm³/mol. The van der Waals surface area contributed by atoms with Crippen molar-refractivity contribution in [3.63, 3.8) is 0 Å². The topological polar surface area (TPSA) is 116 Å². The van der Waals surface area contributed by atoms with Crippen LogP contribution in [0.2, 0.25) is 10.0 Å². The number of halogens is 2. The minimum absolute atomic E-state index is 0.214. The molecule has 1 atom stereocenters. The summed E-state index contributed by atoms with van der Waals surface area (Å²) in [6, 6.07) is 10.9. The van der Waals surface area contributed by atoms with Crippen molar-refractivity contribution in [3.8, 4) is 0 Å². The van der Waals surface area contributed by atoms with Crippen LogP contribution in [-0.2, 0) is 14.4 Å². The van der Waals surface area contributed by atoms with E-state index in [-0.39, 0.29) is 12.5 Å². The van der Waals surface area contributed by atoms with Crippen molar-refractivity contribution >= 4 is 74.4 Å². The van der Waals surface area contributed by atoms with Gasteiger partial charge in [0.25, 0.3) is 5.91 Å². The smallest absolute Gasteiger partial charge is 0.328 e. The number of thiophene rings is 1. The fourth-order valence-electron chi connectivity index (χ4n) is 4.19. The number of nitrogens with zero attached hydrogens (tertiary/aromatic N) is 1. The molecule has 3 aromatic rings. The lowest BCUT2D eigenvalue weighted by Crippen LogP contribution is -2.51. The molecule has 3 N–H and O–H groups in total. The highest BCUT2D eigenvalue weighted by Crippen LogP contribution is 2.37. The fourth-order valence-corrected chi connectivity index (χ4v) is 5.63. The third-order valence-electron chi connectivity index (χ3n) is 6.35. The molecule has 0 spiro atoms. The Morgan fingerprint density at radius 2 is 1.79 bits per heavy atom. The van der Waals surface area contributed by atoms with E-state index in [2.05, 4.69) is 10.6 Å². The number of hydrogen-bond donors (Lipinski definition) is 3. The summed E-state index contributed by atoms with van der Waals surface area (Å²) in [5.41, 5.74) is 1.04. The Kier molecular flexibility index (Phi) is 9.04. The van der Waals surface area contributed by atoms with Gasteiger partial charge in [0.15, 0.2) is 0 Å². The zero-order valence-electron chi connectivity index (χ0n) is 20.2. The second-order valence-corrected chi connectivity index (χ2v) is 10.5. The van der Waals surface area contributed by atoms with E-state index in [4.69, 9.17) is 23.2 Å². The van der Waals surface area contributed by atoms with Gasteiger partial charge in [-0.2, -0.15) is 0 Å². The molecule has 0 aliphatic carbocycles. The van der Waals surface area contributed by atoms with Crippen LogP contribution >= 0.6 is 34.5 Å². The summed E-state index contributed by atoms with van der Waals surface area (Å²) in [5.74, 6) is -2.74. The van der Waals surface area contributed by atoms with Gasteiger partial charge >= 0.3 is 5.97 Å². The summed E-state index contributed by atoms with van der Waals surface area (Å²) in [7, 11) is 0. The number of fused-ring (bicyclic) bond motifs is 1. The van der Waals surface area contributed by atoms with Crippen molar-refractivity contribution in [1.82, 2.24) is 15.5 Å². The van der Waals surface area contributed by atoms with Crippen LogP contribution in [-0.4, -0.2) is 59.4 Å². The summed E-state index contributed by atoms with van der Waals surface area (Å²) >= 11 is 14.2. The van der Waals surface area contributed by atoms with E-state index in [0.717, 1.165) is 10.1 Å². The van der Waals surface area contributed by atoms with Crippen LogP contribution < -0.4 is 10.6 Å². The molecule has 8 nitrogen and oxygen atoms in total. The van der Waals surface area contributed by atoms with Crippen molar-refractivity contribution in [3.05, 3.63) is 75.1 Å². The van der Waals surface area contributed by atoms with Crippen molar-refractivity contribution in [2.24, 2.45) is 5.92 Å². The summed E-state index contributed by atoms with van der Waals surface area (Å²) in [4.78, 5) is 51.0. The van der Waals surface area contributed by atoms with Gasteiger partial charge in [-0.1, -0.05) is 41.4 Å². The predicted octanol–water partition coefficient (Wildman–Crippen LogP) is 4.46. The van der Waals surface area contributed by atoms with E-state index in [9.17, 15) is 24.3 Å². The maximum atomic E-state index is 12.7. The van der Waals surface area contributed by atoms with E-state index >= 15 is 0 Å². The third kappa shape index (κ3) is 6.53. The molecule has 1 aliphatic rings. The van der Waals surface area contributed by atoms with E-state index in [1.54, 1.807) is 41.3 Å². The van der Waals surface area contributed by atoms with Gasteiger partial charge in [-0.25, -0.2) is 4.79 Å². The van der Waals surface area contributed by atoms with E-state index < -0.39 is 29.7 Å². The van der Waals surface area contributed by atoms with Crippen LogP contribution in [0, 0.1) is 5.92 Å². The summed E-state index contributed by atoms with van der Waals surface area (Å²) in [6.45, 7) is 0.449. The van der Waals surface area contributed by atoms with Gasteiger partial charge < -0.3 is 20.6 Å².